The molecule has 0 unspecified atom stereocenters. The van der Waals surface area contributed by atoms with E-state index < -0.39 is 0 Å². The van der Waals surface area contributed by atoms with E-state index in [4.69, 9.17) is 4.74 Å². The van der Waals surface area contributed by atoms with Crippen LogP contribution in [0.3, 0.4) is 0 Å². The smallest absolute Gasteiger partial charge is 0.118 e. The van der Waals surface area contributed by atoms with Crippen molar-refractivity contribution in [3.05, 3.63) is 65.2 Å². The van der Waals surface area contributed by atoms with Crippen LogP contribution in [0.5, 0.6) is 5.75 Å². The van der Waals surface area contributed by atoms with E-state index in [9.17, 15) is 0 Å². The quantitative estimate of drug-likeness (QED) is 0.622. The van der Waals surface area contributed by atoms with Crippen molar-refractivity contribution in [1.82, 2.24) is 0 Å². The van der Waals surface area contributed by atoms with Crippen molar-refractivity contribution in [2.45, 2.75) is 53.9 Å². The summed E-state index contributed by atoms with van der Waals surface area (Å²) in [5.74, 6) is 2.18. The van der Waals surface area contributed by atoms with E-state index in [-0.39, 0.29) is 7.43 Å². The van der Waals surface area contributed by atoms with E-state index in [1.165, 1.54) is 16.7 Å². The number of hydrogen-bond donors (Lipinski definition) is 0. The molecule has 0 aliphatic rings. The summed E-state index contributed by atoms with van der Waals surface area (Å²) < 4.78 is 5.05. The van der Waals surface area contributed by atoms with Crippen LogP contribution < -0.4 is 4.74 Å². The molecule has 2 rings (SSSR count). The molecular formula is C21H32O. The summed E-state index contributed by atoms with van der Waals surface area (Å²) in [7, 11) is 1.68. The van der Waals surface area contributed by atoms with Crippen LogP contribution >= 0.6 is 0 Å². The third-order valence-corrected chi connectivity index (χ3v) is 3.53. The summed E-state index contributed by atoms with van der Waals surface area (Å²) in [5, 5.41) is 0. The Labute approximate surface area is 137 Å². The summed E-state index contributed by atoms with van der Waals surface area (Å²) in [6.07, 6.45) is 0. The zero-order valence-corrected chi connectivity index (χ0v) is 14.2. The normalized spacial score (nSPS) is 9.82. The number of methoxy groups -OCH3 is 1. The van der Waals surface area contributed by atoms with Crippen LogP contribution in [0.1, 0.15) is 63.6 Å². The van der Waals surface area contributed by atoms with Crippen LogP contribution in [-0.4, -0.2) is 7.11 Å². The van der Waals surface area contributed by atoms with Gasteiger partial charge in [-0.25, -0.2) is 0 Å². The van der Waals surface area contributed by atoms with E-state index in [0.29, 0.717) is 11.8 Å². The molecule has 122 valence electrons. The van der Waals surface area contributed by atoms with Gasteiger partial charge < -0.3 is 4.74 Å². The SMILES string of the molecule is C.COc1ccc(C(C)C)cc1.Cc1ccc(C(C)C)cc1. The average molecular weight is 300 g/mol. The lowest BCUT2D eigenvalue weighted by Gasteiger charge is -2.05. The van der Waals surface area contributed by atoms with Crippen molar-refractivity contribution in [3.63, 3.8) is 0 Å². The molecule has 0 amide bonds. The van der Waals surface area contributed by atoms with E-state index in [1.54, 1.807) is 7.11 Å². The minimum atomic E-state index is 0. The molecular weight excluding hydrogens is 268 g/mol. The maximum absolute atomic E-state index is 5.05. The molecule has 1 nitrogen and oxygen atoms in total. The zero-order chi connectivity index (χ0) is 15.8. The van der Waals surface area contributed by atoms with Crippen LogP contribution in [-0.2, 0) is 0 Å². The van der Waals surface area contributed by atoms with Crippen LogP contribution in [0.4, 0.5) is 0 Å². The standard InChI is InChI=1S/C10H14O.C10H14.CH4/c1-8(2)9-4-6-10(11-3)7-5-9;1-8(2)10-6-4-9(3)5-7-10;/h4-8H,1-3H3;4-8H,1-3H3;1H4. The third kappa shape index (κ3) is 6.80. The van der Waals surface area contributed by atoms with Gasteiger partial charge in [0.1, 0.15) is 5.75 Å². The number of rotatable bonds is 3. The van der Waals surface area contributed by atoms with Crippen molar-refractivity contribution < 1.29 is 4.74 Å². The number of ether oxygens (including phenoxy) is 1. The largest absolute Gasteiger partial charge is 0.497 e. The summed E-state index contributed by atoms with van der Waals surface area (Å²) in [4.78, 5) is 0. The van der Waals surface area contributed by atoms with Gasteiger partial charge in [0.15, 0.2) is 0 Å². The predicted octanol–water partition coefficient (Wildman–Crippen LogP) is 6.57. The lowest BCUT2D eigenvalue weighted by Crippen LogP contribution is -1.87. The molecule has 0 heterocycles. The lowest BCUT2D eigenvalue weighted by atomic mass is 10.0. The Bertz CT molecular complexity index is 507. The summed E-state index contributed by atoms with van der Waals surface area (Å²) in [5.41, 5.74) is 4.11. The first-order valence-corrected chi connectivity index (χ1v) is 7.64. The van der Waals surface area contributed by atoms with Gasteiger partial charge in [0.25, 0.3) is 0 Å². The maximum Gasteiger partial charge on any atom is 0.118 e. The first kappa shape index (κ1) is 20.2. The predicted molar refractivity (Wildman–Crippen MR) is 99.1 cm³/mol. The van der Waals surface area contributed by atoms with E-state index >= 15 is 0 Å². The molecule has 0 aromatic heterocycles. The Kier molecular flexibility index (Phi) is 9.24. The molecule has 0 aliphatic carbocycles. The molecule has 2 aromatic carbocycles. The molecule has 0 spiro atoms. The highest BCUT2D eigenvalue weighted by Crippen LogP contribution is 2.17. The highest BCUT2D eigenvalue weighted by atomic mass is 16.5. The first-order valence-electron chi connectivity index (χ1n) is 7.64. The van der Waals surface area contributed by atoms with E-state index in [2.05, 4.69) is 71.0 Å². The number of aryl methyl sites for hydroxylation is 1. The second kappa shape index (κ2) is 10.0. The Morgan fingerprint density at radius 1 is 0.682 bits per heavy atom. The first-order chi connectivity index (χ1) is 9.93. The lowest BCUT2D eigenvalue weighted by molar-refractivity contribution is 0.414. The fourth-order valence-corrected chi connectivity index (χ4v) is 1.94. The Hall–Kier alpha value is -1.76. The topological polar surface area (TPSA) is 9.23 Å². The van der Waals surface area contributed by atoms with Gasteiger partial charge >= 0.3 is 0 Å². The number of benzene rings is 2. The molecule has 0 N–H and O–H groups in total. The fourth-order valence-electron chi connectivity index (χ4n) is 1.94. The molecule has 22 heavy (non-hydrogen) atoms. The highest BCUT2D eigenvalue weighted by molar-refractivity contribution is 5.28. The average Bonchev–Trinajstić information content (AvgIpc) is 2.48. The third-order valence-electron chi connectivity index (χ3n) is 3.53. The van der Waals surface area contributed by atoms with Gasteiger partial charge in [-0.15, -0.1) is 0 Å². The minimum absolute atomic E-state index is 0. The van der Waals surface area contributed by atoms with E-state index in [1.807, 2.05) is 12.1 Å². The van der Waals surface area contributed by atoms with Crippen molar-refractivity contribution in [2.75, 3.05) is 7.11 Å². The van der Waals surface area contributed by atoms with Crippen molar-refractivity contribution >= 4 is 0 Å². The zero-order valence-electron chi connectivity index (χ0n) is 14.2. The molecule has 0 bridgehead atoms. The molecule has 1 heteroatoms. The second-order valence-electron chi connectivity index (χ2n) is 5.99. The summed E-state index contributed by atoms with van der Waals surface area (Å²) in [6.45, 7) is 10.9. The molecule has 0 radical (unpaired) electrons. The van der Waals surface area contributed by atoms with Gasteiger partial charge in [0.2, 0.25) is 0 Å². The fraction of sp³-hybridized carbons (Fsp3) is 0.429. The number of hydrogen-bond acceptors (Lipinski definition) is 1. The summed E-state index contributed by atoms with van der Waals surface area (Å²) >= 11 is 0. The Morgan fingerprint density at radius 2 is 1.05 bits per heavy atom. The van der Waals surface area contributed by atoms with Crippen molar-refractivity contribution in [3.8, 4) is 5.75 Å². The van der Waals surface area contributed by atoms with Crippen LogP contribution in [0.15, 0.2) is 48.5 Å². The second-order valence-corrected chi connectivity index (χ2v) is 5.99. The van der Waals surface area contributed by atoms with Gasteiger partial charge in [0.05, 0.1) is 7.11 Å². The van der Waals surface area contributed by atoms with Gasteiger partial charge in [-0.05, 0) is 42.0 Å². The van der Waals surface area contributed by atoms with Crippen LogP contribution in [0.25, 0.3) is 0 Å². The van der Waals surface area contributed by atoms with Gasteiger partial charge in [-0.2, -0.15) is 0 Å². The minimum Gasteiger partial charge on any atom is -0.497 e. The van der Waals surface area contributed by atoms with Crippen molar-refractivity contribution in [1.29, 1.82) is 0 Å². The van der Waals surface area contributed by atoms with Crippen LogP contribution in [0, 0.1) is 6.92 Å². The summed E-state index contributed by atoms with van der Waals surface area (Å²) in [6, 6.07) is 16.9. The van der Waals surface area contributed by atoms with Crippen LogP contribution in [0.2, 0.25) is 0 Å². The molecule has 0 fully saturated rings. The maximum atomic E-state index is 5.05. The van der Waals surface area contributed by atoms with Gasteiger partial charge in [0, 0.05) is 0 Å². The molecule has 0 atom stereocenters. The van der Waals surface area contributed by atoms with Gasteiger partial charge in [-0.1, -0.05) is 77.1 Å². The van der Waals surface area contributed by atoms with Crippen molar-refractivity contribution in [2.24, 2.45) is 0 Å². The van der Waals surface area contributed by atoms with Gasteiger partial charge in [-0.3, -0.25) is 0 Å². The Balaban J connectivity index is 0.000000385. The molecule has 0 saturated carbocycles. The molecule has 0 aliphatic heterocycles. The van der Waals surface area contributed by atoms with E-state index in [0.717, 1.165) is 5.75 Å². The highest BCUT2D eigenvalue weighted by Gasteiger charge is 1.97. The molecule has 2 aromatic rings. The molecule has 0 saturated heterocycles. The Morgan fingerprint density at radius 3 is 1.36 bits per heavy atom. The monoisotopic (exact) mass is 300 g/mol.